The van der Waals surface area contributed by atoms with Crippen LogP contribution in [0.3, 0.4) is 0 Å². The first-order chi connectivity index (χ1) is 12.8. The third-order valence-corrected chi connectivity index (χ3v) is 5.39. The van der Waals surface area contributed by atoms with E-state index >= 15 is 0 Å². The maximum atomic E-state index is 12.6. The summed E-state index contributed by atoms with van der Waals surface area (Å²) in [6.07, 6.45) is 1.28. The molecule has 2 heterocycles. The van der Waals surface area contributed by atoms with Crippen LogP contribution in [0.25, 0.3) is 0 Å². The Bertz CT molecular complexity index is 892. The minimum Gasteiger partial charge on any atom is -0.486 e. The van der Waals surface area contributed by atoms with Gasteiger partial charge in [0.1, 0.15) is 17.4 Å². The predicted octanol–water partition coefficient (Wildman–Crippen LogP) is 3.85. The average Bonchev–Trinajstić information content (AvgIpc) is 3.14. The lowest BCUT2D eigenvalue weighted by Crippen LogP contribution is -2.36. The van der Waals surface area contributed by atoms with E-state index in [1.165, 1.54) is 22.5 Å². The summed E-state index contributed by atoms with van der Waals surface area (Å²) in [4.78, 5) is 19.1. The lowest BCUT2D eigenvalue weighted by atomic mass is 10.00. The van der Waals surface area contributed by atoms with E-state index in [0.29, 0.717) is 19.6 Å². The fourth-order valence-corrected chi connectivity index (χ4v) is 3.84. The summed E-state index contributed by atoms with van der Waals surface area (Å²) in [7, 11) is 0. The van der Waals surface area contributed by atoms with Gasteiger partial charge >= 0.3 is 0 Å². The summed E-state index contributed by atoms with van der Waals surface area (Å²) in [5.74, 6) is 0.965. The maximum absolute atomic E-state index is 12.6. The Morgan fingerprint density at radius 3 is 2.69 bits per heavy atom. The summed E-state index contributed by atoms with van der Waals surface area (Å²) < 4.78 is 5.72. The van der Waals surface area contributed by atoms with Crippen LogP contribution in [0.4, 0.5) is 0 Å². The fourth-order valence-electron chi connectivity index (χ4n) is 3.13. The van der Waals surface area contributed by atoms with Gasteiger partial charge in [0.15, 0.2) is 0 Å². The number of para-hydroxylation sites is 1. The number of ether oxygens (including phenoxy) is 1. The third-order valence-electron chi connectivity index (χ3n) is 4.52. The predicted molar refractivity (Wildman–Crippen MR) is 102 cm³/mol. The highest BCUT2D eigenvalue weighted by Gasteiger charge is 2.21. The van der Waals surface area contributed by atoms with Crippen molar-refractivity contribution in [1.82, 2.24) is 9.88 Å². The molecule has 0 atom stereocenters. The largest absolute Gasteiger partial charge is 0.486 e. The molecule has 0 saturated heterocycles. The molecule has 2 aromatic carbocycles. The summed E-state index contributed by atoms with van der Waals surface area (Å²) >= 11 is 1.54. The Morgan fingerprint density at radius 2 is 1.85 bits per heavy atom. The molecule has 0 aliphatic carbocycles. The van der Waals surface area contributed by atoms with Gasteiger partial charge in [0.25, 0.3) is 0 Å². The molecule has 0 bridgehead atoms. The molecular formula is C21H20N2O2S. The first kappa shape index (κ1) is 16.8. The molecule has 1 aromatic heterocycles. The molecule has 0 fully saturated rings. The molecule has 26 heavy (non-hydrogen) atoms. The van der Waals surface area contributed by atoms with Gasteiger partial charge in [-0.2, -0.15) is 0 Å². The van der Waals surface area contributed by atoms with Crippen molar-refractivity contribution >= 4 is 17.2 Å². The van der Waals surface area contributed by atoms with Gasteiger partial charge in [-0.25, -0.2) is 4.98 Å². The van der Waals surface area contributed by atoms with Gasteiger partial charge in [0.05, 0.1) is 12.1 Å². The number of nitrogens with zero attached hydrogens (tertiary/aromatic N) is 2. The van der Waals surface area contributed by atoms with Crippen molar-refractivity contribution in [3.8, 4) is 5.75 Å². The third kappa shape index (κ3) is 3.94. The SMILES string of the molecule is O=C(Cc1csc(COc2ccccc2)n1)N1CCc2ccccc2C1. The van der Waals surface area contributed by atoms with Crippen LogP contribution < -0.4 is 4.74 Å². The van der Waals surface area contributed by atoms with Gasteiger partial charge in [-0.15, -0.1) is 11.3 Å². The van der Waals surface area contributed by atoms with E-state index in [9.17, 15) is 4.79 Å². The second-order valence-electron chi connectivity index (χ2n) is 6.35. The van der Waals surface area contributed by atoms with Crippen molar-refractivity contribution in [2.75, 3.05) is 6.54 Å². The zero-order valence-electron chi connectivity index (χ0n) is 14.4. The Labute approximate surface area is 157 Å². The van der Waals surface area contributed by atoms with Crippen molar-refractivity contribution in [3.63, 3.8) is 0 Å². The van der Waals surface area contributed by atoms with Crippen molar-refractivity contribution in [2.45, 2.75) is 26.0 Å². The lowest BCUT2D eigenvalue weighted by Gasteiger charge is -2.28. The van der Waals surface area contributed by atoms with Gasteiger partial charge < -0.3 is 9.64 Å². The van der Waals surface area contributed by atoms with Crippen LogP contribution in [-0.2, 0) is 30.8 Å². The first-order valence-electron chi connectivity index (χ1n) is 8.73. The molecule has 1 aliphatic heterocycles. The summed E-state index contributed by atoms with van der Waals surface area (Å²) in [5, 5.41) is 2.85. The van der Waals surface area contributed by atoms with Crippen molar-refractivity contribution in [3.05, 3.63) is 81.8 Å². The van der Waals surface area contributed by atoms with Crippen molar-refractivity contribution in [1.29, 1.82) is 0 Å². The zero-order valence-corrected chi connectivity index (χ0v) is 15.2. The van der Waals surface area contributed by atoms with E-state index in [2.05, 4.69) is 23.2 Å². The Morgan fingerprint density at radius 1 is 1.08 bits per heavy atom. The van der Waals surface area contributed by atoms with E-state index in [4.69, 9.17) is 4.74 Å². The minimum atomic E-state index is 0.139. The Hall–Kier alpha value is -2.66. The molecule has 0 saturated carbocycles. The highest BCUT2D eigenvalue weighted by Crippen LogP contribution is 2.20. The monoisotopic (exact) mass is 364 g/mol. The van der Waals surface area contributed by atoms with Gasteiger partial charge in [-0.3, -0.25) is 4.79 Å². The van der Waals surface area contributed by atoms with Crippen molar-refractivity contribution < 1.29 is 9.53 Å². The van der Waals surface area contributed by atoms with Crippen LogP contribution in [0.15, 0.2) is 60.0 Å². The second-order valence-corrected chi connectivity index (χ2v) is 7.29. The molecule has 0 N–H and O–H groups in total. The molecule has 0 unspecified atom stereocenters. The smallest absolute Gasteiger partial charge is 0.228 e. The quantitative estimate of drug-likeness (QED) is 0.691. The number of thiazole rings is 1. The van der Waals surface area contributed by atoms with E-state index in [1.807, 2.05) is 46.7 Å². The highest BCUT2D eigenvalue weighted by atomic mass is 32.1. The normalized spacial score (nSPS) is 13.3. The van der Waals surface area contributed by atoms with Crippen LogP contribution >= 0.6 is 11.3 Å². The highest BCUT2D eigenvalue weighted by molar-refractivity contribution is 7.09. The minimum absolute atomic E-state index is 0.139. The molecule has 0 spiro atoms. The van der Waals surface area contributed by atoms with Crippen LogP contribution in [0.2, 0.25) is 0 Å². The number of rotatable bonds is 5. The lowest BCUT2D eigenvalue weighted by molar-refractivity contribution is -0.131. The topological polar surface area (TPSA) is 42.4 Å². The fraction of sp³-hybridized carbons (Fsp3) is 0.238. The number of carbonyl (C=O) groups excluding carboxylic acids is 1. The van der Waals surface area contributed by atoms with Gasteiger partial charge in [0.2, 0.25) is 5.91 Å². The van der Waals surface area contributed by atoms with Gasteiger partial charge in [-0.05, 0) is 29.7 Å². The number of hydrogen-bond donors (Lipinski definition) is 0. The van der Waals surface area contributed by atoms with Crippen LogP contribution in [0.5, 0.6) is 5.75 Å². The van der Waals surface area contributed by atoms with Gasteiger partial charge in [0, 0.05) is 18.5 Å². The molecule has 1 amide bonds. The maximum Gasteiger partial charge on any atom is 0.228 e. The Balaban J connectivity index is 1.33. The van der Waals surface area contributed by atoms with Crippen LogP contribution in [0.1, 0.15) is 21.8 Å². The zero-order chi connectivity index (χ0) is 17.8. The standard InChI is InChI=1S/C21H20N2O2S/c24-21(23-11-10-16-6-4-5-7-17(16)13-23)12-18-15-26-20(22-18)14-25-19-8-2-1-3-9-19/h1-9,15H,10-14H2. The number of benzene rings is 2. The van der Waals surface area contributed by atoms with Gasteiger partial charge in [-0.1, -0.05) is 42.5 Å². The average molecular weight is 364 g/mol. The number of fused-ring (bicyclic) bond motifs is 1. The van der Waals surface area contributed by atoms with Crippen LogP contribution in [0, 0.1) is 0 Å². The van der Waals surface area contributed by atoms with Crippen LogP contribution in [-0.4, -0.2) is 22.3 Å². The molecule has 0 radical (unpaired) electrons. The summed E-state index contributed by atoms with van der Waals surface area (Å²) in [6.45, 7) is 1.91. The number of amides is 1. The summed E-state index contributed by atoms with van der Waals surface area (Å²) in [6, 6.07) is 18.0. The molecule has 132 valence electrons. The number of aromatic nitrogens is 1. The molecule has 5 heteroatoms. The van der Waals surface area contributed by atoms with E-state index in [0.717, 1.165) is 29.4 Å². The van der Waals surface area contributed by atoms with E-state index < -0.39 is 0 Å². The Kier molecular flexibility index (Phi) is 4.97. The van der Waals surface area contributed by atoms with E-state index in [1.54, 1.807) is 0 Å². The summed E-state index contributed by atoms with van der Waals surface area (Å²) in [5.41, 5.74) is 3.43. The molecule has 4 nitrogen and oxygen atoms in total. The molecular weight excluding hydrogens is 344 g/mol. The van der Waals surface area contributed by atoms with Crippen molar-refractivity contribution in [2.24, 2.45) is 0 Å². The number of carbonyl (C=O) groups is 1. The molecule has 4 rings (SSSR count). The first-order valence-corrected chi connectivity index (χ1v) is 9.61. The number of hydrogen-bond acceptors (Lipinski definition) is 4. The molecule has 1 aliphatic rings. The molecule has 3 aromatic rings. The van der Waals surface area contributed by atoms with E-state index in [-0.39, 0.29) is 5.91 Å². The second kappa shape index (κ2) is 7.70.